The van der Waals surface area contributed by atoms with Crippen LogP contribution in [0.25, 0.3) is 33.2 Å². The normalized spacial score (nSPS) is 11.0. The summed E-state index contributed by atoms with van der Waals surface area (Å²) in [5.74, 6) is 10.9. The molecule has 0 radical (unpaired) electrons. The third-order valence-electron chi connectivity index (χ3n) is 5.66. The third-order valence-corrected chi connectivity index (χ3v) is 5.90. The number of fused-ring (bicyclic) bond motifs is 4. The molecule has 0 atom stereocenters. The number of esters is 1. The highest BCUT2D eigenvalue weighted by Gasteiger charge is 2.15. The van der Waals surface area contributed by atoms with Crippen LogP contribution in [0.1, 0.15) is 43.6 Å². The average Bonchev–Trinajstić information content (AvgIpc) is 3.44. The molecule has 3 heterocycles. The van der Waals surface area contributed by atoms with E-state index in [0.717, 1.165) is 21.9 Å². The van der Waals surface area contributed by atoms with Crippen molar-refractivity contribution in [2.75, 3.05) is 24.8 Å². The molecule has 3 aromatic heterocycles. The third kappa shape index (κ3) is 6.65. The van der Waals surface area contributed by atoms with Gasteiger partial charge in [0.05, 0.1) is 23.2 Å². The summed E-state index contributed by atoms with van der Waals surface area (Å²) in [6.45, 7) is 7.58. The number of nitrogens with two attached hydrogens (primary N) is 3. The van der Waals surface area contributed by atoms with Crippen LogP contribution in [0, 0.1) is 0 Å². The Labute approximate surface area is 240 Å². The molecular weight excluding hydrogens is 550 g/mol. The Balaban J connectivity index is 0.000000206. The monoisotopic (exact) mass is 581 g/mol. The smallest absolute Gasteiger partial charge is 0.342 e. The van der Waals surface area contributed by atoms with E-state index in [2.05, 4.69) is 20.6 Å². The van der Waals surface area contributed by atoms with Gasteiger partial charge in [-0.1, -0.05) is 23.7 Å². The first-order chi connectivity index (χ1) is 19.6. The largest absolute Gasteiger partial charge is 0.507 e. The molecule has 0 aliphatic heterocycles. The predicted octanol–water partition coefficient (Wildman–Crippen LogP) is 3.13. The number of aromatic nitrogens is 5. The average molecular weight is 582 g/mol. The lowest BCUT2D eigenvalue weighted by atomic mass is 10.1. The first-order valence-electron chi connectivity index (χ1n) is 12.5. The number of hydrogen-bond donors (Lipinski definition) is 5. The van der Waals surface area contributed by atoms with Crippen molar-refractivity contribution in [3.8, 4) is 0 Å². The molecule has 0 aliphatic carbocycles. The summed E-state index contributed by atoms with van der Waals surface area (Å²) in [7, 11) is 0. The fourth-order valence-corrected chi connectivity index (χ4v) is 4.02. The zero-order valence-electron chi connectivity index (χ0n) is 23.0. The number of nitrogens with zero attached hydrogens (tertiary/aromatic N) is 6. The van der Waals surface area contributed by atoms with Gasteiger partial charge < -0.3 is 32.4 Å². The maximum atomic E-state index is 11.9. The van der Waals surface area contributed by atoms with Crippen molar-refractivity contribution >= 4 is 56.5 Å². The SMILES string of the molecule is CC(C)=C(O)c1cc2ccc(Cl)cc2n2nnnc12.CCO.CCOC(=O)c1cc2ccc(N)cc2n(N)/c1=N\N. The second-order valence-corrected chi connectivity index (χ2v) is 9.20. The second kappa shape index (κ2) is 13.5. The molecule has 0 bridgehead atoms. The number of nitrogen functional groups attached to an aromatic ring is 2. The quantitative estimate of drug-likeness (QED) is 0.0691. The molecular formula is C27H32ClN9O4. The molecule has 216 valence electrons. The van der Waals surface area contributed by atoms with Crippen molar-refractivity contribution in [3.63, 3.8) is 0 Å². The van der Waals surface area contributed by atoms with Crippen molar-refractivity contribution in [1.82, 2.24) is 24.7 Å². The Morgan fingerprint density at radius 1 is 1.05 bits per heavy atom. The topological polar surface area (TPSA) is 205 Å². The van der Waals surface area contributed by atoms with Crippen LogP contribution in [0.4, 0.5) is 5.69 Å². The number of hydrogen-bond acceptors (Lipinski definition) is 11. The number of carbonyl (C=O) groups excluding carboxylic acids is 1. The van der Waals surface area contributed by atoms with Crippen LogP contribution in [0.3, 0.4) is 0 Å². The maximum Gasteiger partial charge on any atom is 0.342 e. The molecule has 0 fully saturated rings. The van der Waals surface area contributed by atoms with Crippen molar-refractivity contribution in [3.05, 3.63) is 75.7 Å². The van der Waals surface area contributed by atoms with E-state index < -0.39 is 5.97 Å². The van der Waals surface area contributed by atoms with Crippen molar-refractivity contribution in [1.29, 1.82) is 0 Å². The molecule has 0 saturated carbocycles. The summed E-state index contributed by atoms with van der Waals surface area (Å²) in [6, 6.07) is 14.1. The number of benzene rings is 2. The van der Waals surface area contributed by atoms with E-state index in [4.69, 9.17) is 38.9 Å². The first kappa shape index (κ1) is 30.7. The first-order valence-corrected chi connectivity index (χ1v) is 12.8. The van der Waals surface area contributed by atoms with Gasteiger partial charge in [0, 0.05) is 28.1 Å². The van der Waals surface area contributed by atoms with E-state index in [0.29, 0.717) is 27.4 Å². The van der Waals surface area contributed by atoms with Crippen LogP contribution in [0.15, 0.2) is 59.2 Å². The molecule has 5 aromatic rings. The molecule has 13 nitrogen and oxygen atoms in total. The van der Waals surface area contributed by atoms with Crippen LogP contribution in [-0.4, -0.2) is 54.1 Å². The summed E-state index contributed by atoms with van der Waals surface area (Å²) in [4.78, 5) is 11.9. The second-order valence-electron chi connectivity index (χ2n) is 8.76. The van der Waals surface area contributed by atoms with Crippen LogP contribution in [0.2, 0.25) is 5.02 Å². The Kier molecular flexibility index (Phi) is 10.1. The zero-order chi connectivity index (χ0) is 30.3. The van der Waals surface area contributed by atoms with Gasteiger partial charge in [-0.25, -0.2) is 9.47 Å². The Morgan fingerprint density at radius 3 is 2.32 bits per heavy atom. The number of aliphatic hydroxyl groups excluding tert-OH is 2. The summed E-state index contributed by atoms with van der Waals surface area (Å²) in [5, 5.41) is 35.1. The Bertz CT molecular complexity index is 1810. The number of anilines is 1. The lowest BCUT2D eigenvalue weighted by Gasteiger charge is -2.10. The number of halogens is 1. The maximum absolute atomic E-state index is 11.9. The Hall–Kier alpha value is -4.88. The highest BCUT2D eigenvalue weighted by Crippen LogP contribution is 2.26. The van der Waals surface area contributed by atoms with Gasteiger partial charge in [-0.3, -0.25) is 0 Å². The van der Waals surface area contributed by atoms with Gasteiger partial charge in [-0.2, -0.15) is 9.62 Å². The van der Waals surface area contributed by atoms with E-state index in [9.17, 15) is 9.90 Å². The van der Waals surface area contributed by atoms with Crippen LogP contribution >= 0.6 is 11.6 Å². The highest BCUT2D eigenvalue weighted by atomic mass is 35.5. The molecule has 0 aliphatic rings. The minimum atomic E-state index is -0.523. The molecule has 0 saturated heterocycles. The fourth-order valence-electron chi connectivity index (χ4n) is 3.85. The summed E-state index contributed by atoms with van der Waals surface area (Å²) in [6.07, 6.45) is 0. The summed E-state index contributed by atoms with van der Waals surface area (Å²) < 4.78 is 7.75. The van der Waals surface area contributed by atoms with Gasteiger partial charge in [-0.05, 0) is 80.1 Å². The van der Waals surface area contributed by atoms with E-state index >= 15 is 0 Å². The van der Waals surface area contributed by atoms with Crippen molar-refractivity contribution < 1.29 is 19.7 Å². The van der Waals surface area contributed by atoms with Crippen LogP contribution in [0.5, 0.6) is 0 Å². The molecule has 0 unspecified atom stereocenters. The van der Waals surface area contributed by atoms with Gasteiger partial charge in [0.1, 0.15) is 11.3 Å². The molecule has 0 spiro atoms. The predicted molar refractivity (Wildman–Crippen MR) is 159 cm³/mol. The van der Waals surface area contributed by atoms with E-state index in [1.165, 1.54) is 4.68 Å². The molecule has 41 heavy (non-hydrogen) atoms. The van der Waals surface area contributed by atoms with E-state index in [1.54, 1.807) is 54.8 Å². The van der Waals surface area contributed by atoms with Gasteiger partial charge in [0.25, 0.3) is 0 Å². The number of allylic oxidation sites excluding steroid dienone is 1. The number of carbonyl (C=O) groups is 1. The van der Waals surface area contributed by atoms with Crippen molar-refractivity contribution in [2.24, 2.45) is 10.9 Å². The number of aliphatic hydroxyl groups is 2. The van der Waals surface area contributed by atoms with Crippen LogP contribution < -0.4 is 22.9 Å². The number of rotatable bonds is 3. The summed E-state index contributed by atoms with van der Waals surface area (Å²) >= 11 is 6.00. The van der Waals surface area contributed by atoms with Gasteiger partial charge >= 0.3 is 5.97 Å². The van der Waals surface area contributed by atoms with Gasteiger partial charge in [0.2, 0.25) is 0 Å². The summed E-state index contributed by atoms with van der Waals surface area (Å²) in [5.41, 5.74) is 9.96. The van der Waals surface area contributed by atoms with Gasteiger partial charge in [0.15, 0.2) is 11.1 Å². The lowest BCUT2D eigenvalue weighted by Crippen LogP contribution is -2.34. The minimum absolute atomic E-state index is 0.136. The molecule has 14 heteroatoms. The zero-order valence-corrected chi connectivity index (χ0v) is 23.8. The number of tetrazole rings is 1. The highest BCUT2D eigenvalue weighted by molar-refractivity contribution is 6.31. The van der Waals surface area contributed by atoms with Crippen LogP contribution in [-0.2, 0) is 4.74 Å². The minimum Gasteiger partial charge on any atom is -0.507 e. The number of pyridine rings is 2. The fraction of sp³-hybridized carbons (Fsp3) is 0.222. The van der Waals surface area contributed by atoms with Gasteiger partial charge in [-0.15, -0.1) is 5.10 Å². The van der Waals surface area contributed by atoms with Crippen molar-refractivity contribution in [2.45, 2.75) is 27.7 Å². The lowest BCUT2D eigenvalue weighted by molar-refractivity contribution is 0.0523. The number of ether oxygens (including phenoxy) is 1. The Morgan fingerprint density at radius 2 is 1.68 bits per heavy atom. The molecule has 2 aromatic carbocycles. The van der Waals surface area contributed by atoms with E-state index in [-0.39, 0.29) is 30.0 Å². The standard InChI is InChI=1S/C13H11ClN4O.C12H15N5O2.C2H6O/c1-7(2)12(19)10-5-8-3-4-9(14)6-11(8)18-13(10)15-16-17-18;1-2-19-12(18)9-5-7-3-4-8(13)6-10(7)17(15)11(9)16-14;1-2-3/h3-6,19H,1-2H3;3-6H,2,13-15H2,1H3;3H,2H2,1H3/b;16-11-;. The molecule has 5 rings (SSSR count). The van der Waals surface area contributed by atoms with E-state index in [1.807, 2.05) is 26.0 Å². The molecule has 8 N–H and O–H groups in total. The molecule has 0 amide bonds.